The van der Waals surface area contributed by atoms with Gasteiger partial charge in [0.15, 0.2) is 0 Å². The molecule has 0 amide bonds. The Kier molecular flexibility index (Phi) is 5.88. The zero-order valence-corrected chi connectivity index (χ0v) is 15.6. The molecule has 0 aromatic carbocycles. The van der Waals surface area contributed by atoms with Crippen molar-refractivity contribution >= 4 is 11.9 Å². The van der Waals surface area contributed by atoms with Crippen LogP contribution in [0.4, 0.5) is 0 Å². The van der Waals surface area contributed by atoms with Gasteiger partial charge in [0.05, 0.1) is 17.6 Å². The number of hydrogen-bond donors (Lipinski definition) is 2. The van der Waals surface area contributed by atoms with Gasteiger partial charge in [-0.2, -0.15) is 0 Å². The quantitative estimate of drug-likeness (QED) is 0.443. The molecule has 142 valence electrons. The molecule has 2 aliphatic rings. The predicted octanol–water partition coefficient (Wildman–Crippen LogP) is 1.98. The number of fused-ring (bicyclic) bond motifs is 1. The molecule has 5 atom stereocenters. The van der Waals surface area contributed by atoms with E-state index in [0.29, 0.717) is 11.1 Å². The standard InChI is InChI=1S/C20H26O6/c1-6-11(2)18(22)26-16-10-20(5,24)8-7-14(21)12(3)9-15-17(16)13(4)19(23)25-15/h6-9,14-17,21,24H,4,10H2,1-3,5H3/b8-7-,11-6+,12-9-/t14-,15-,16-,17+,20+/m1/s1. The molecule has 2 rings (SSSR count). The van der Waals surface area contributed by atoms with Crippen molar-refractivity contribution in [2.45, 2.75) is 58.0 Å². The van der Waals surface area contributed by atoms with Gasteiger partial charge in [0.2, 0.25) is 0 Å². The minimum atomic E-state index is -1.36. The number of carbonyl (C=O) groups is 2. The van der Waals surface area contributed by atoms with Gasteiger partial charge in [0, 0.05) is 17.6 Å². The Labute approximate surface area is 153 Å². The molecule has 6 nitrogen and oxygen atoms in total. The molecule has 0 unspecified atom stereocenters. The zero-order valence-electron chi connectivity index (χ0n) is 15.6. The number of aliphatic hydroxyl groups is 2. The maximum absolute atomic E-state index is 12.3. The van der Waals surface area contributed by atoms with E-state index in [4.69, 9.17) is 9.47 Å². The van der Waals surface area contributed by atoms with Gasteiger partial charge in [-0.15, -0.1) is 0 Å². The lowest BCUT2D eigenvalue weighted by atomic mass is 9.82. The second-order valence-electron chi connectivity index (χ2n) is 7.11. The Balaban J connectivity index is 2.48. The van der Waals surface area contributed by atoms with E-state index >= 15 is 0 Å². The lowest BCUT2D eigenvalue weighted by Gasteiger charge is -2.32. The average Bonchev–Trinajstić information content (AvgIpc) is 2.84. The predicted molar refractivity (Wildman–Crippen MR) is 96.0 cm³/mol. The SMILES string of the molecule is C=C1C(=O)O[C@@H]2/C=C(/C)[C@H](O)/C=C\[C@](C)(O)C[C@@H](OC(=O)/C(C)=C/C)[C@@H]12. The van der Waals surface area contributed by atoms with Crippen LogP contribution in [-0.4, -0.2) is 46.1 Å². The highest BCUT2D eigenvalue weighted by molar-refractivity contribution is 5.92. The summed E-state index contributed by atoms with van der Waals surface area (Å²) in [5.74, 6) is -1.74. The fourth-order valence-electron chi connectivity index (χ4n) is 3.05. The highest BCUT2D eigenvalue weighted by atomic mass is 16.6. The minimum absolute atomic E-state index is 0.0304. The van der Waals surface area contributed by atoms with E-state index in [0.717, 1.165) is 0 Å². The summed E-state index contributed by atoms with van der Waals surface area (Å²) >= 11 is 0. The topological polar surface area (TPSA) is 93.1 Å². The zero-order chi connectivity index (χ0) is 19.6. The lowest BCUT2D eigenvalue weighted by Crippen LogP contribution is -2.40. The van der Waals surface area contributed by atoms with Crippen LogP contribution in [0.1, 0.15) is 34.1 Å². The van der Waals surface area contributed by atoms with E-state index in [1.165, 1.54) is 12.2 Å². The normalized spacial score (nSPS) is 38.7. The number of hydrogen-bond acceptors (Lipinski definition) is 6. The van der Waals surface area contributed by atoms with Crippen molar-refractivity contribution in [3.63, 3.8) is 0 Å². The lowest BCUT2D eigenvalue weighted by molar-refractivity contribution is -0.150. The summed E-state index contributed by atoms with van der Waals surface area (Å²) in [6.07, 6.45) is 3.77. The van der Waals surface area contributed by atoms with Crippen molar-refractivity contribution < 1.29 is 29.3 Å². The van der Waals surface area contributed by atoms with Gasteiger partial charge in [-0.1, -0.05) is 24.8 Å². The summed E-state index contributed by atoms with van der Waals surface area (Å²) in [4.78, 5) is 24.4. The molecular formula is C20H26O6. The van der Waals surface area contributed by atoms with E-state index in [1.807, 2.05) is 0 Å². The molecule has 1 aliphatic carbocycles. The van der Waals surface area contributed by atoms with Gasteiger partial charge in [0.25, 0.3) is 0 Å². The third kappa shape index (κ3) is 4.31. The number of allylic oxidation sites excluding steroid dienone is 1. The van der Waals surface area contributed by atoms with Crippen molar-refractivity contribution in [2.24, 2.45) is 5.92 Å². The first-order valence-corrected chi connectivity index (χ1v) is 8.57. The molecule has 1 heterocycles. The molecule has 26 heavy (non-hydrogen) atoms. The number of rotatable bonds is 2. The Morgan fingerprint density at radius 1 is 1.50 bits per heavy atom. The summed E-state index contributed by atoms with van der Waals surface area (Å²) in [7, 11) is 0. The smallest absolute Gasteiger partial charge is 0.334 e. The fourth-order valence-corrected chi connectivity index (χ4v) is 3.05. The second kappa shape index (κ2) is 7.60. The largest absolute Gasteiger partial charge is 0.458 e. The Morgan fingerprint density at radius 2 is 2.15 bits per heavy atom. The van der Waals surface area contributed by atoms with Gasteiger partial charge >= 0.3 is 11.9 Å². The van der Waals surface area contributed by atoms with Gasteiger partial charge < -0.3 is 19.7 Å². The molecule has 0 radical (unpaired) electrons. The number of aliphatic hydroxyl groups excluding tert-OH is 1. The van der Waals surface area contributed by atoms with E-state index < -0.39 is 41.8 Å². The summed E-state index contributed by atoms with van der Waals surface area (Å²) < 4.78 is 11.0. The van der Waals surface area contributed by atoms with Crippen molar-refractivity contribution in [1.29, 1.82) is 0 Å². The molecule has 0 spiro atoms. The Morgan fingerprint density at radius 3 is 2.77 bits per heavy atom. The average molecular weight is 362 g/mol. The fraction of sp³-hybridized carbons (Fsp3) is 0.500. The number of esters is 2. The highest BCUT2D eigenvalue weighted by Gasteiger charge is 2.46. The monoisotopic (exact) mass is 362 g/mol. The van der Waals surface area contributed by atoms with Crippen LogP contribution in [0.3, 0.4) is 0 Å². The van der Waals surface area contributed by atoms with Crippen molar-refractivity contribution in [1.82, 2.24) is 0 Å². The Hall–Kier alpha value is -2.18. The van der Waals surface area contributed by atoms with Crippen LogP contribution < -0.4 is 0 Å². The van der Waals surface area contributed by atoms with Gasteiger partial charge in [-0.25, -0.2) is 9.59 Å². The highest BCUT2D eigenvalue weighted by Crippen LogP contribution is 2.37. The van der Waals surface area contributed by atoms with Crippen LogP contribution in [0.15, 0.2) is 47.6 Å². The van der Waals surface area contributed by atoms with Crippen molar-refractivity contribution in [3.8, 4) is 0 Å². The van der Waals surface area contributed by atoms with Crippen molar-refractivity contribution in [2.75, 3.05) is 0 Å². The second-order valence-corrected chi connectivity index (χ2v) is 7.11. The van der Waals surface area contributed by atoms with E-state index in [2.05, 4.69) is 6.58 Å². The first kappa shape index (κ1) is 20.1. The van der Waals surface area contributed by atoms with Crippen LogP contribution in [0, 0.1) is 5.92 Å². The molecule has 1 aliphatic heterocycles. The molecule has 0 bridgehead atoms. The van der Waals surface area contributed by atoms with Crippen LogP contribution in [0.25, 0.3) is 0 Å². The van der Waals surface area contributed by atoms with E-state index in [1.54, 1.807) is 39.8 Å². The van der Waals surface area contributed by atoms with Crippen molar-refractivity contribution in [3.05, 3.63) is 47.6 Å². The summed E-state index contributed by atoms with van der Waals surface area (Å²) in [6, 6.07) is 0. The minimum Gasteiger partial charge on any atom is -0.458 e. The first-order valence-electron chi connectivity index (χ1n) is 8.57. The maximum atomic E-state index is 12.3. The maximum Gasteiger partial charge on any atom is 0.334 e. The summed E-state index contributed by atoms with van der Waals surface area (Å²) in [6.45, 7) is 10.4. The van der Waals surface area contributed by atoms with Crippen LogP contribution >= 0.6 is 0 Å². The van der Waals surface area contributed by atoms with Gasteiger partial charge in [0.1, 0.15) is 12.2 Å². The first-order chi connectivity index (χ1) is 12.1. The number of ether oxygens (including phenoxy) is 2. The molecule has 1 saturated heterocycles. The molecule has 0 saturated carbocycles. The Bertz CT molecular complexity index is 697. The van der Waals surface area contributed by atoms with E-state index in [-0.39, 0.29) is 12.0 Å². The molecule has 6 heteroatoms. The molecule has 1 fully saturated rings. The third-order valence-electron chi connectivity index (χ3n) is 4.82. The van der Waals surface area contributed by atoms with Gasteiger partial charge in [-0.3, -0.25) is 0 Å². The summed E-state index contributed by atoms with van der Waals surface area (Å²) in [5, 5.41) is 20.9. The van der Waals surface area contributed by atoms with Crippen LogP contribution in [0.5, 0.6) is 0 Å². The third-order valence-corrected chi connectivity index (χ3v) is 4.82. The molecular weight excluding hydrogens is 336 g/mol. The molecule has 0 aromatic rings. The van der Waals surface area contributed by atoms with E-state index in [9.17, 15) is 19.8 Å². The van der Waals surface area contributed by atoms with Gasteiger partial charge in [-0.05, 0) is 39.3 Å². The van der Waals surface area contributed by atoms with Crippen LogP contribution in [-0.2, 0) is 19.1 Å². The molecule has 0 aromatic heterocycles. The summed E-state index contributed by atoms with van der Waals surface area (Å²) in [5.41, 5.74) is -0.188. The van der Waals surface area contributed by atoms with Crippen LogP contribution in [0.2, 0.25) is 0 Å². The molecule has 2 N–H and O–H groups in total. The number of carbonyl (C=O) groups excluding carboxylic acids is 2.